The van der Waals surface area contributed by atoms with E-state index in [0.29, 0.717) is 49.8 Å². The highest BCUT2D eigenvalue weighted by Gasteiger charge is 2.45. The first-order valence-corrected chi connectivity index (χ1v) is 12.0. The Labute approximate surface area is 205 Å². The van der Waals surface area contributed by atoms with Gasteiger partial charge in [-0.15, -0.1) is 0 Å². The molecule has 1 N–H and O–H groups in total. The average Bonchev–Trinajstić information content (AvgIpc) is 3.14. The van der Waals surface area contributed by atoms with Crippen molar-refractivity contribution < 1.29 is 28.9 Å². The molecule has 0 unspecified atom stereocenters. The lowest BCUT2D eigenvalue weighted by atomic mass is 9.95. The summed E-state index contributed by atoms with van der Waals surface area (Å²) < 4.78 is 16.2. The Morgan fingerprint density at radius 2 is 1.80 bits per heavy atom. The Bertz CT molecular complexity index is 1080. The summed E-state index contributed by atoms with van der Waals surface area (Å²) in [5, 5.41) is 11.2. The van der Waals surface area contributed by atoms with Crippen LogP contribution in [0.2, 0.25) is 0 Å². The zero-order valence-electron chi connectivity index (χ0n) is 20.2. The molecule has 4 rings (SSSR count). The third-order valence-corrected chi connectivity index (χ3v) is 6.37. The highest BCUT2D eigenvalue weighted by atomic mass is 16.5. The summed E-state index contributed by atoms with van der Waals surface area (Å²) >= 11 is 0. The largest absolute Gasteiger partial charge is 0.507 e. The zero-order valence-corrected chi connectivity index (χ0v) is 20.2. The van der Waals surface area contributed by atoms with Gasteiger partial charge < -0.3 is 24.2 Å². The van der Waals surface area contributed by atoms with E-state index in [0.717, 1.165) is 25.2 Å². The lowest BCUT2D eigenvalue weighted by Crippen LogP contribution is -2.38. The predicted molar refractivity (Wildman–Crippen MR) is 131 cm³/mol. The number of ether oxygens (including phenoxy) is 3. The molecule has 2 aliphatic rings. The minimum atomic E-state index is -0.693. The maximum atomic E-state index is 13.2. The van der Waals surface area contributed by atoms with E-state index in [1.807, 2.05) is 31.2 Å². The average molecular weight is 481 g/mol. The molecule has 2 fully saturated rings. The van der Waals surface area contributed by atoms with Gasteiger partial charge in [-0.05, 0) is 43.2 Å². The fraction of sp³-hybridized carbons (Fsp3) is 0.407. The number of nitrogens with zero attached hydrogens (tertiary/aromatic N) is 2. The quantitative estimate of drug-likeness (QED) is 0.335. The molecule has 2 aromatic rings. The number of benzene rings is 2. The molecule has 35 heavy (non-hydrogen) atoms. The molecular formula is C27H32N2O6. The molecule has 2 heterocycles. The molecule has 8 heteroatoms. The number of carbonyl (C=O) groups is 2. The Morgan fingerprint density at radius 1 is 1.06 bits per heavy atom. The van der Waals surface area contributed by atoms with Gasteiger partial charge in [0.1, 0.15) is 17.3 Å². The van der Waals surface area contributed by atoms with Gasteiger partial charge in [-0.25, -0.2) is 0 Å². The number of likely N-dealkylation sites (tertiary alicyclic amines) is 1. The van der Waals surface area contributed by atoms with Crippen LogP contribution in [0.3, 0.4) is 0 Å². The molecule has 1 atom stereocenters. The molecule has 0 aromatic heterocycles. The van der Waals surface area contributed by atoms with Crippen molar-refractivity contribution in [1.82, 2.24) is 9.80 Å². The van der Waals surface area contributed by atoms with Gasteiger partial charge in [-0.3, -0.25) is 14.5 Å². The number of methoxy groups -OCH3 is 1. The van der Waals surface area contributed by atoms with Crippen LogP contribution in [0.4, 0.5) is 0 Å². The van der Waals surface area contributed by atoms with Gasteiger partial charge in [0.2, 0.25) is 0 Å². The minimum Gasteiger partial charge on any atom is -0.507 e. The van der Waals surface area contributed by atoms with Crippen LogP contribution in [0.15, 0.2) is 54.1 Å². The van der Waals surface area contributed by atoms with E-state index < -0.39 is 17.7 Å². The number of Topliss-reactive ketones (excluding diaryl/α,β-unsaturated/α-hetero) is 1. The van der Waals surface area contributed by atoms with Crippen molar-refractivity contribution in [3.8, 4) is 11.5 Å². The first-order chi connectivity index (χ1) is 17.0. The number of carbonyl (C=O) groups excluding carboxylic acids is 2. The molecule has 2 aromatic carbocycles. The lowest BCUT2D eigenvalue weighted by Gasteiger charge is -2.29. The van der Waals surface area contributed by atoms with E-state index in [-0.39, 0.29) is 11.3 Å². The van der Waals surface area contributed by atoms with Gasteiger partial charge in [0.05, 0.1) is 38.5 Å². The van der Waals surface area contributed by atoms with E-state index in [4.69, 9.17) is 14.2 Å². The fourth-order valence-corrected chi connectivity index (χ4v) is 4.59. The standard InChI is InChI=1S/C27H32N2O6/c1-3-35-21-10-8-19(9-11-21)24-23(25(30)20-6-4-7-22(18-20)33-2)26(31)27(32)29(24)13-5-12-28-14-16-34-17-15-28/h4,6-11,18,24,30H,3,5,12-17H2,1-2H3/t24-/m1/s1. The topological polar surface area (TPSA) is 88.5 Å². The van der Waals surface area contributed by atoms with Crippen molar-refractivity contribution in [1.29, 1.82) is 0 Å². The van der Waals surface area contributed by atoms with Gasteiger partial charge in [-0.2, -0.15) is 0 Å². The summed E-state index contributed by atoms with van der Waals surface area (Å²) in [5.41, 5.74) is 1.24. The van der Waals surface area contributed by atoms with Crippen LogP contribution in [0.5, 0.6) is 11.5 Å². The van der Waals surface area contributed by atoms with Crippen LogP contribution < -0.4 is 9.47 Å². The van der Waals surface area contributed by atoms with Gasteiger partial charge in [-0.1, -0.05) is 24.3 Å². The SMILES string of the molecule is CCOc1ccc([C@@H]2C(=C(O)c3cccc(OC)c3)C(=O)C(=O)N2CCCN2CCOCC2)cc1. The van der Waals surface area contributed by atoms with Gasteiger partial charge in [0, 0.05) is 31.7 Å². The molecule has 1 amide bonds. The van der Waals surface area contributed by atoms with Crippen molar-refractivity contribution in [2.45, 2.75) is 19.4 Å². The highest BCUT2D eigenvalue weighted by molar-refractivity contribution is 6.46. The number of rotatable bonds is 9. The van der Waals surface area contributed by atoms with Gasteiger partial charge >= 0.3 is 0 Å². The first kappa shape index (κ1) is 24.8. The van der Waals surface area contributed by atoms with E-state index in [2.05, 4.69) is 4.90 Å². The Morgan fingerprint density at radius 3 is 2.49 bits per heavy atom. The summed E-state index contributed by atoms with van der Waals surface area (Å²) in [7, 11) is 1.53. The van der Waals surface area contributed by atoms with Crippen molar-refractivity contribution in [2.24, 2.45) is 0 Å². The van der Waals surface area contributed by atoms with Gasteiger partial charge in [0.25, 0.3) is 11.7 Å². The second kappa shape index (κ2) is 11.4. The monoisotopic (exact) mass is 480 g/mol. The first-order valence-electron chi connectivity index (χ1n) is 12.0. The van der Waals surface area contributed by atoms with Crippen LogP contribution in [0, 0.1) is 0 Å². The Hall–Kier alpha value is -3.36. The van der Waals surface area contributed by atoms with Gasteiger partial charge in [0.15, 0.2) is 0 Å². The van der Waals surface area contributed by atoms with E-state index in [9.17, 15) is 14.7 Å². The van der Waals surface area contributed by atoms with Crippen molar-refractivity contribution in [3.05, 3.63) is 65.2 Å². The molecule has 2 saturated heterocycles. The molecule has 0 saturated carbocycles. The normalized spacial score (nSPS) is 20.3. The summed E-state index contributed by atoms with van der Waals surface area (Å²) in [6.45, 7) is 6.77. The summed E-state index contributed by atoms with van der Waals surface area (Å²) in [6.07, 6.45) is 0.708. The number of aliphatic hydroxyl groups excluding tert-OH is 1. The summed E-state index contributed by atoms with van der Waals surface area (Å²) in [5.74, 6) is -0.248. The number of aliphatic hydroxyl groups is 1. The fourth-order valence-electron chi connectivity index (χ4n) is 4.59. The molecule has 8 nitrogen and oxygen atoms in total. The van der Waals surface area contributed by atoms with Crippen LogP contribution in [-0.4, -0.2) is 79.7 Å². The molecule has 0 bridgehead atoms. The van der Waals surface area contributed by atoms with Crippen LogP contribution in [0.1, 0.15) is 30.5 Å². The van der Waals surface area contributed by atoms with Crippen molar-refractivity contribution in [3.63, 3.8) is 0 Å². The lowest BCUT2D eigenvalue weighted by molar-refractivity contribution is -0.140. The number of hydrogen-bond acceptors (Lipinski definition) is 7. The van der Waals surface area contributed by atoms with Crippen LogP contribution >= 0.6 is 0 Å². The number of morpholine rings is 1. The molecule has 0 spiro atoms. The second-order valence-electron chi connectivity index (χ2n) is 8.53. The van der Waals surface area contributed by atoms with E-state index in [1.165, 1.54) is 7.11 Å². The summed E-state index contributed by atoms with van der Waals surface area (Å²) in [4.78, 5) is 30.2. The minimum absolute atomic E-state index is 0.0822. The number of amides is 1. The number of hydrogen-bond donors (Lipinski definition) is 1. The Balaban J connectivity index is 1.67. The zero-order chi connectivity index (χ0) is 24.8. The third kappa shape index (κ3) is 5.49. The van der Waals surface area contributed by atoms with E-state index >= 15 is 0 Å². The smallest absolute Gasteiger partial charge is 0.295 e. The molecule has 186 valence electrons. The Kier molecular flexibility index (Phi) is 8.05. The van der Waals surface area contributed by atoms with Crippen LogP contribution in [0.25, 0.3) is 5.76 Å². The van der Waals surface area contributed by atoms with E-state index in [1.54, 1.807) is 29.2 Å². The van der Waals surface area contributed by atoms with Crippen molar-refractivity contribution >= 4 is 17.4 Å². The molecule has 0 aliphatic carbocycles. The van der Waals surface area contributed by atoms with Crippen LogP contribution in [-0.2, 0) is 14.3 Å². The molecule has 2 aliphatic heterocycles. The maximum Gasteiger partial charge on any atom is 0.295 e. The maximum absolute atomic E-state index is 13.2. The third-order valence-electron chi connectivity index (χ3n) is 6.37. The molecular weight excluding hydrogens is 448 g/mol. The van der Waals surface area contributed by atoms with Crippen molar-refractivity contribution in [2.75, 3.05) is 53.1 Å². The summed E-state index contributed by atoms with van der Waals surface area (Å²) in [6, 6.07) is 13.5. The molecule has 0 radical (unpaired) electrons. The predicted octanol–water partition coefficient (Wildman–Crippen LogP) is 3.24. The number of ketones is 1. The highest BCUT2D eigenvalue weighted by Crippen LogP contribution is 2.40. The second-order valence-corrected chi connectivity index (χ2v) is 8.53.